The first-order valence-electron chi connectivity index (χ1n) is 10.3. The average Bonchev–Trinajstić information content (AvgIpc) is 3.06. The normalized spacial score (nSPS) is 11.1. The van der Waals surface area contributed by atoms with Crippen LogP contribution in [0.15, 0.2) is 45.7 Å². The van der Waals surface area contributed by atoms with Crippen molar-refractivity contribution in [1.29, 1.82) is 0 Å². The van der Waals surface area contributed by atoms with Gasteiger partial charge in [-0.2, -0.15) is 4.98 Å². The van der Waals surface area contributed by atoms with Crippen LogP contribution < -0.4 is 129 Å². The minimum atomic E-state index is -5.26. The molecule has 0 saturated carbocycles. The van der Waals surface area contributed by atoms with Crippen LogP contribution in [0.2, 0.25) is 0 Å². The van der Waals surface area contributed by atoms with E-state index in [0.717, 1.165) is 26.9 Å². The number of rotatable bonds is 7. The van der Waals surface area contributed by atoms with Crippen molar-refractivity contribution in [2.45, 2.75) is 34.4 Å². The van der Waals surface area contributed by atoms with Crippen molar-refractivity contribution in [1.82, 2.24) is 14.5 Å². The predicted molar refractivity (Wildman–Crippen MR) is 123 cm³/mol. The first-order chi connectivity index (χ1) is 16.0. The summed E-state index contributed by atoms with van der Waals surface area (Å²) in [4.78, 5) is 42.6. The van der Waals surface area contributed by atoms with Gasteiger partial charge in [0, 0.05) is 23.1 Å². The number of fused-ring (bicyclic) bond motifs is 1. The quantitative estimate of drug-likeness (QED) is 0.175. The fraction of sp³-hybridized carbons (Fsp3) is 0.227. The van der Waals surface area contributed by atoms with Gasteiger partial charge in [-0.3, -0.25) is 0 Å². The first-order valence-corrected chi connectivity index (χ1v) is 11.7. The number of anilines is 4. The molecule has 2 heterocycles. The van der Waals surface area contributed by atoms with Crippen LogP contribution in [0.25, 0.3) is 11.1 Å². The summed E-state index contributed by atoms with van der Waals surface area (Å²) in [6.45, 7) is 7.21. The van der Waals surface area contributed by atoms with Crippen LogP contribution in [0.5, 0.6) is 0 Å². The Morgan fingerprint density at radius 2 is 1.67 bits per heavy atom. The van der Waals surface area contributed by atoms with Crippen LogP contribution in [-0.2, 0) is 15.8 Å². The zero-order chi connectivity index (χ0) is 24.6. The maximum atomic E-state index is 12.0. The molecule has 2 aromatic carbocycles. The fourth-order valence-corrected chi connectivity index (χ4v) is 3.65. The molecule has 2 aromatic heterocycles. The summed E-state index contributed by atoms with van der Waals surface area (Å²) in [5.41, 5.74) is 6.18. The summed E-state index contributed by atoms with van der Waals surface area (Å²) in [6, 6.07) is 8.82. The monoisotopic (exact) mass is 561 g/mol. The molecule has 0 amide bonds. The maximum Gasteiger partial charge on any atom is 1.00 e. The van der Waals surface area contributed by atoms with Crippen molar-refractivity contribution in [3.63, 3.8) is 0 Å². The SMILES string of the molecule is Cc1cnc(Nc2cc(C)c(C)c(C)c2)nc1Nc1ccc2oc(=O)n(COP(=O)([O-])[O-])c2c1.[K+].[K+]. The third-order valence-corrected chi connectivity index (χ3v) is 5.86. The smallest absolute Gasteiger partial charge is 0.790 e. The van der Waals surface area contributed by atoms with Gasteiger partial charge in [0.15, 0.2) is 5.58 Å². The second-order valence-electron chi connectivity index (χ2n) is 7.89. The molecule has 0 aliphatic carbocycles. The number of phosphoric acid groups is 1. The minimum Gasteiger partial charge on any atom is -0.790 e. The molecular formula is C22H22K2N5O6P. The van der Waals surface area contributed by atoms with Gasteiger partial charge < -0.3 is 33.9 Å². The molecule has 0 fully saturated rings. The van der Waals surface area contributed by atoms with Gasteiger partial charge in [0.1, 0.15) is 12.5 Å². The van der Waals surface area contributed by atoms with Gasteiger partial charge >= 0.3 is 109 Å². The van der Waals surface area contributed by atoms with E-state index in [2.05, 4.69) is 32.0 Å². The molecule has 0 atom stereocenters. The summed E-state index contributed by atoms with van der Waals surface area (Å²) in [6.07, 6.45) is 1.67. The molecule has 0 aliphatic rings. The van der Waals surface area contributed by atoms with Crippen molar-refractivity contribution in [2.75, 3.05) is 10.6 Å². The third kappa shape index (κ3) is 7.90. The van der Waals surface area contributed by atoms with Gasteiger partial charge in [0.05, 0.1) is 13.3 Å². The van der Waals surface area contributed by atoms with Crippen LogP contribution in [0.4, 0.5) is 23.1 Å². The second-order valence-corrected chi connectivity index (χ2v) is 9.05. The number of hydrogen-bond donors (Lipinski definition) is 2. The Bertz CT molecular complexity index is 1480. The van der Waals surface area contributed by atoms with Crippen molar-refractivity contribution in [3.8, 4) is 0 Å². The van der Waals surface area contributed by atoms with Crippen molar-refractivity contribution in [3.05, 3.63) is 69.3 Å². The Morgan fingerprint density at radius 1 is 1.00 bits per heavy atom. The van der Waals surface area contributed by atoms with Crippen molar-refractivity contribution in [2.24, 2.45) is 0 Å². The standard InChI is InChI=1S/C22H24N5O6P.2K/c1-12-7-17(8-13(2)15(12)4)25-21-23-10-14(3)20(26-21)24-16-5-6-19-18(9-16)27(22(28)33-19)11-32-34(29,30)31;;/h5-10H,11H2,1-4H3,(H2,29,30,31)(H2,23,24,25,26);;/q;2*+1/p-2. The summed E-state index contributed by atoms with van der Waals surface area (Å²) in [5, 5.41) is 6.38. The number of nitrogens with zero attached hydrogens (tertiary/aromatic N) is 3. The van der Waals surface area contributed by atoms with Crippen molar-refractivity contribution >= 4 is 42.1 Å². The number of nitrogens with one attached hydrogen (secondary N) is 2. The van der Waals surface area contributed by atoms with Crippen LogP contribution >= 0.6 is 7.82 Å². The molecule has 0 bridgehead atoms. The maximum absolute atomic E-state index is 12.0. The van der Waals surface area contributed by atoms with Crippen LogP contribution in [0.3, 0.4) is 0 Å². The van der Waals surface area contributed by atoms with Crippen molar-refractivity contribution < 1.29 is 126 Å². The number of hydrogen-bond acceptors (Lipinski definition) is 10. The fourth-order valence-electron chi connectivity index (χ4n) is 3.39. The largest absolute Gasteiger partial charge is 1.00 e. The molecule has 0 radical (unpaired) electrons. The van der Waals surface area contributed by atoms with Gasteiger partial charge in [-0.05, 0) is 74.7 Å². The summed E-state index contributed by atoms with van der Waals surface area (Å²) < 4.78 is 21.0. The molecule has 11 nitrogen and oxygen atoms in total. The minimum absolute atomic E-state index is 0. The zero-order valence-electron chi connectivity index (χ0n) is 20.9. The summed E-state index contributed by atoms with van der Waals surface area (Å²) in [5.74, 6) is 0.0655. The van der Waals surface area contributed by atoms with E-state index in [0.29, 0.717) is 17.5 Å². The Labute approximate surface area is 292 Å². The van der Waals surface area contributed by atoms with Gasteiger partial charge in [0.2, 0.25) is 5.95 Å². The number of oxazole rings is 1. The van der Waals surface area contributed by atoms with Gasteiger partial charge in [-0.25, -0.2) is 14.3 Å². The van der Waals surface area contributed by atoms with E-state index >= 15 is 0 Å². The number of benzene rings is 2. The van der Waals surface area contributed by atoms with E-state index in [1.807, 2.05) is 32.9 Å². The van der Waals surface area contributed by atoms with E-state index in [1.54, 1.807) is 18.3 Å². The Morgan fingerprint density at radius 3 is 2.31 bits per heavy atom. The van der Waals surface area contributed by atoms with Gasteiger partial charge in [0.25, 0.3) is 0 Å². The van der Waals surface area contributed by atoms with E-state index in [4.69, 9.17) is 4.42 Å². The molecular weight excluding hydrogens is 539 g/mol. The van der Waals surface area contributed by atoms with E-state index in [9.17, 15) is 19.1 Å². The molecule has 0 spiro atoms. The van der Waals surface area contributed by atoms with E-state index in [-0.39, 0.29) is 114 Å². The number of aryl methyl sites for hydroxylation is 3. The number of aromatic nitrogens is 3. The Hall–Kier alpha value is -0.227. The molecule has 36 heavy (non-hydrogen) atoms. The molecule has 4 rings (SSSR count). The molecule has 178 valence electrons. The third-order valence-electron chi connectivity index (χ3n) is 5.43. The average molecular weight is 562 g/mol. The molecule has 0 unspecified atom stereocenters. The molecule has 2 N–H and O–H groups in total. The van der Waals surface area contributed by atoms with E-state index < -0.39 is 20.3 Å². The topological polar surface area (TPSA) is 157 Å². The predicted octanol–water partition coefficient (Wildman–Crippen LogP) is -3.08. The first kappa shape index (κ1) is 32.0. The van der Waals surface area contributed by atoms with Crippen LogP contribution in [0, 0.1) is 27.7 Å². The number of phosphoric ester groups is 1. The summed E-state index contributed by atoms with van der Waals surface area (Å²) >= 11 is 0. The molecule has 14 heteroatoms. The van der Waals surface area contributed by atoms with Gasteiger partial charge in [-0.15, -0.1) is 0 Å². The molecule has 4 aromatic rings. The summed E-state index contributed by atoms with van der Waals surface area (Å²) in [7, 11) is -5.26. The van der Waals surface area contributed by atoms with E-state index in [1.165, 1.54) is 11.6 Å². The Balaban J connectivity index is 0.00000228. The zero-order valence-corrected chi connectivity index (χ0v) is 28.1. The van der Waals surface area contributed by atoms with Gasteiger partial charge in [-0.1, -0.05) is 0 Å². The molecule has 0 aliphatic heterocycles. The second kappa shape index (κ2) is 13.2. The van der Waals surface area contributed by atoms with Crippen LogP contribution in [-0.4, -0.2) is 14.5 Å². The Kier molecular flexibility index (Phi) is 11.7. The molecule has 0 saturated heterocycles. The van der Waals surface area contributed by atoms with Crippen LogP contribution in [0.1, 0.15) is 22.3 Å².